The lowest BCUT2D eigenvalue weighted by Crippen LogP contribution is -2.23. The lowest BCUT2D eigenvalue weighted by molar-refractivity contribution is 0.503. The summed E-state index contributed by atoms with van der Waals surface area (Å²) in [5, 5.41) is 3.28. The first-order valence-corrected chi connectivity index (χ1v) is 7.73. The molecule has 1 aromatic carbocycles. The van der Waals surface area contributed by atoms with Gasteiger partial charge in [0.2, 0.25) is 0 Å². The minimum absolute atomic E-state index is 0.304. The topological polar surface area (TPSA) is 12.0 Å². The van der Waals surface area contributed by atoms with Gasteiger partial charge in [0.25, 0.3) is 0 Å². The molecular formula is C14H13Cl2F2NS. The van der Waals surface area contributed by atoms with E-state index >= 15 is 0 Å². The van der Waals surface area contributed by atoms with Crippen LogP contribution in [0.4, 0.5) is 8.78 Å². The number of halogens is 4. The number of rotatable bonds is 5. The number of nitrogens with one attached hydrogen (secondary N) is 1. The normalized spacial score (nSPS) is 12.7. The predicted molar refractivity (Wildman–Crippen MR) is 80.8 cm³/mol. The zero-order chi connectivity index (χ0) is 14.7. The third-order valence-corrected chi connectivity index (χ3v) is 4.39. The molecule has 0 spiro atoms. The van der Waals surface area contributed by atoms with Crippen LogP contribution in [0.15, 0.2) is 24.3 Å². The summed E-state index contributed by atoms with van der Waals surface area (Å²) in [6, 6.07) is 5.30. The molecule has 0 radical (unpaired) electrons. The fourth-order valence-electron chi connectivity index (χ4n) is 1.94. The molecule has 6 heteroatoms. The average molecular weight is 336 g/mol. The van der Waals surface area contributed by atoms with Crippen molar-refractivity contribution in [2.45, 2.75) is 19.4 Å². The van der Waals surface area contributed by atoms with Crippen molar-refractivity contribution in [1.82, 2.24) is 5.32 Å². The molecule has 1 atom stereocenters. The number of benzene rings is 1. The first-order chi connectivity index (χ1) is 9.52. The highest BCUT2D eigenvalue weighted by molar-refractivity contribution is 7.20. The lowest BCUT2D eigenvalue weighted by atomic mass is 10.0. The fourth-order valence-corrected chi connectivity index (χ4v) is 3.47. The molecule has 0 fully saturated rings. The summed E-state index contributed by atoms with van der Waals surface area (Å²) in [6.07, 6.45) is 0.912. The SMILES string of the molecule is CCCNC(c1ccc(F)c(F)c1)c1cc(Cl)sc1Cl. The third-order valence-electron chi connectivity index (χ3n) is 2.87. The smallest absolute Gasteiger partial charge is 0.159 e. The first-order valence-electron chi connectivity index (χ1n) is 6.16. The summed E-state index contributed by atoms with van der Waals surface area (Å²) in [4.78, 5) is 0. The highest BCUT2D eigenvalue weighted by atomic mass is 35.5. The molecular weight excluding hydrogens is 323 g/mol. The van der Waals surface area contributed by atoms with Crippen molar-refractivity contribution >= 4 is 34.5 Å². The van der Waals surface area contributed by atoms with E-state index in [-0.39, 0.29) is 6.04 Å². The molecule has 0 aliphatic carbocycles. The van der Waals surface area contributed by atoms with Crippen LogP contribution >= 0.6 is 34.5 Å². The first kappa shape index (κ1) is 15.7. The van der Waals surface area contributed by atoms with Crippen molar-refractivity contribution in [3.8, 4) is 0 Å². The summed E-state index contributed by atoms with van der Waals surface area (Å²) in [7, 11) is 0. The molecule has 1 N–H and O–H groups in total. The van der Waals surface area contributed by atoms with Gasteiger partial charge in [-0.2, -0.15) is 0 Å². The van der Waals surface area contributed by atoms with Crippen molar-refractivity contribution in [3.05, 3.63) is 55.7 Å². The summed E-state index contributed by atoms with van der Waals surface area (Å²) in [6.45, 7) is 2.75. The Balaban J connectivity index is 2.41. The van der Waals surface area contributed by atoms with E-state index in [1.165, 1.54) is 17.4 Å². The third kappa shape index (κ3) is 3.50. The van der Waals surface area contributed by atoms with Crippen LogP contribution in [0.2, 0.25) is 8.67 Å². The minimum Gasteiger partial charge on any atom is -0.306 e. The maximum atomic E-state index is 13.4. The second-order valence-electron chi connectivity index (χ2n) is 4.34. The molecule has 0 aliphatic rings. The standard InChI is InChI=1S/C14H13Cl2F2NS/c1-2-5-19-13(9-7-12(15)20-14(9)16)8-3-4-10(17)11(18)6-8/h3-4,6-7,13,19H,2,5H2,1H3. The van der Waals surface area contributed by atoms with Gasteiger partial charge in [-0.1, -0.05) is 36.2 Å². The van der Waals surface area contributed by atoms with Gasteiger partial charge in [-0.3, -0.25) is 0 Å². The Morgan fingerprint density at radius 2 is 1.95 bits per heavy atom. The van der Waals surface area contributed by atoms with E-state index in [0.717, 1.165) is 24.6 Å². The van der Waals surface area contributed by atoms with Crippen LogP contribution in [0.1, 0.15) is 30.5 Å². The molecule has 0 aliphatic heterocycles. The van der Waals surface area contributed by atoms with E-state index in [2.05, 4.69) is 5.32 Å². The van der Waals surface area contributed by atoms with Gasteiger partial charge in [0.05, 0.1) is 14.7 Å². The molecule has 1 heterocycles. The quantitative estimate of drug-likeness (QED) is 0.768. The highest BCUT2D eigenvalue weighted by Gasteiger charge is 2.20. The molecule has 1 unspecified atom stereocenters. The maximum absolute atomic E-state index is 13.4. The molecule has 1 nitrogen and oxygen atoms in total. The van der Waals surface area contributed by atoms with Gasteiger partial charge >= 0.3 is 0 Å². The molecule has 2 aromatic rings. The van der Waals surface area contributed by atoms with Crippen LogP contribution < -0.4 is 5.32 Å². The molecule has 0 bridgehead atoms. The number of hydrogen-bond acceptors (Lipinski definition) is 2. The van der Waals surface area contributed by atoms with Crippen molar-refractivity contribution in [1.29, 1.82) is 0 Å². The molecule has 0 saturated heterocycles. The second-order valence-corrected chi connectivity index (χ2v) is 6.63. The summed E-state index contributed by atoms with van der Waals surface area (Å²) in [5.74, 6) is -1.74. The zero-order valence-electron chi connectivity index (χ0n) is 10.7. The lowest BCUT2D eigenvalue weighted by Gasteiger charge is -2.19. The molecule has 108 valence electrons. The van der Waals surface area contributed by atoms with Crippen molar-refractivity contribution < 1.29 is 8.78 Å². The van der Waals surface area contributed by atoms with Crippen LogP contribution in [0, 0.1) is 11.6 Å². The van der Waals surface area contributed by atoms with Crippen LogP contribution in [0.5, 0.6) is 0 Å². The summed E-state index contributed by atoms with van der Waals surface area (Å²) in [5.41, 5.74) is 1.40. The van der Waals surface area contributed by atoms with Gasteiger partial charge in [-0.05, 0) is 36.7 Å². The van der Waals surface area contributed by atoms with Gasteiger partial charge in [-0.15, -0.1) is 11.3 Å². The van der Waals surface area contributed by atoms with Gasteiger partial charge < -0.3 is 5.32 Å². The van der Waals surface area contributed by atoms with E-state index in [1.54, 1.807) is 12.1 Å². The van der Waals surface area contributed by atoms with Gasteiger partial charge in [-0.25, -0.2) is 8.78 Å². The zero-order valence-corrected chi connectivity index (χ0v) is 13.0. The Morgan fingerprint density at radius 3 is 2.50 bits per heavy atom. The van der Waals surface area contributed by atoms with Crippen molar-refractivity contribution in [3.63, 3.8) is 0 Å². The van der Waals surface area contributed by atoms with Crippen molar-refractivity contribution in [2.24, 2.45) is 0 Å². The van der Waals surface area contributed by atoms with Gasteiger partial charge in [0.15, 0.2) is 11.6 Å². The Morgan fingerprint density at radius 1 is 1.20 bits per heavy atom. The van der Waals surface area contributed by atoms with Gasteiger partial charge in [0, 0.05) is 5.56 Å². The Bertz CT molecular complexity index is 601. The van der Waals surface area contributed by atoms with Gasteiger partial charge in [0.1, 0.15) is 0 Å². The Kier molecular flexibility index (Phi) is 5.38. The van der Waals surface area contributed by atoms with Crippen LogP contribution in [-0.2, 0) is 0 Å². The largest absolute Gasteiger partial charge is 0.306 e. The average Bonchev–Trinajstić information content (AvgIpc) is 2.73. The number of thiophene rings is 1. The van der Waals surface area contributed by atoms with E-state index in [9.17, 15) is 8.78 Å². The molecule has 1 aromatic heterocycles. The van der Waals surface area contributed by atoms with Crippen LogP contribution in [0.3, 0.4) is 0 Å². The van der Waals surface area contributed by atoms with E-state index in [4.69, 9.17) is 23.2 Å². The summed E-state index contributed by atoms with van der Waals surface area (Å²) >= 11 is 13.4. The van der Waals surface area contributed by atoms with E-state index in [1.807, 2.05) is 6.92 Å². The fraction of sp³-hybridized carbons (Fsp3) is 0.286. The Hall–Kier alpha value is -0.680. The number of hydrogen-bond donors (Lipinski definition) is 1. The summed E-state index contributed by atoms with van der Waals surface area (Å²) < 4.78 is 27.6. The molecule has 0 amide bonds. The molecule has 2 rings (SSSR count). The second kappa shape index (κ2) is 6.85. The van der Waals surface area contributed by atoms with Crippen LogP contribution in [-0.4, -0.2) is 6.54 Å². The molecule has 0 saturated carbocycles. The highest BCUT2D eigenvalue weighted by Crippen LogP contribution is 2.37. The maximum Gasteiger partial charge on any atom is 0.159 e. The van der Waals surface area contributed by atoms with Crippen molar-refractivity contribution in [2.75, 3.05) is 6.54 Å². The Labute approximate surface area is 130 Å². The predicted octanol–water partition coefficient (Wildman–Crippen LogP) is 5.42. The van der Waals surface area contributed by atoms with Crippen LogP contribution in [0.25, 0.3) is 0 Å². The van der Waals surface area contributed by atoms with E-state index in [0.29, 0.717) is 14.2 Å². The van der Waals surface area contributed by atoms with E-state index < -0.39 is 11.6 Å². The molecule has 20 heavy (non-hydrogen) atoms. The minimum atomic E-state index is -0.872. The monoisotopic (exact) mass is 335 g/mol.